The van der Waals surface area contributed by atoms with Gasteiger partial charge in [-0.25, -0.2) is 8.42 Å². The molecule has 0 unspecified atom stereocenters. The highest BCUT2D eigenvalue weighted by molar-refractivity contribution is 7.93. The van der Waals surface area contributed by atoms with Crippen molar-refractivity contribution in [1.82, 2.24) is 0 Å². The maximum atomic E-state index is 11.4. The Morgan fingerprint density at radius 3 is 2.54 bits per heavy atom. The molecule has 1 N–H and O–H groups in total. The van der Waals surface area contributed by atoms with Crippen LogP contribution < -0.4 is 4.72 Å². The van der Waals surface area contributed by atoms with Crippen molar-refractivity contribution in [3.8, 4) is 0 Å². The molecule has 0 atom stereocenters. The average Bonchev–Trinajstić information content (AvgIpc) is 2.05. The SMILES string of the molecule is CC(C)S(=O)(=O)Nc1[c]cccc1. The van der Waals surface area contributed by atoms with Crippen molar-refractivity contribution in [1.29, 1.82) is 0 Å². The number of sulfonamides is 1. The molecule has 0 bridgehead atoms. The van der Waals surface area contributed by atoms with Gasteiger partial charge in [0.05, 0.1) is 10.9 Å². The maximum Gasteiger partial charge on any atom is 0.235 e. The third-order valence-corrected chi connectivity index (χ3v) is 3.33. The van der Waals surface area contributed by atoms with Crippen LogP contribution in [0.2, 0.25) is 0 Å². The van der Waals surface area contributed by atoms with Crippen LogP contribution in [0.1, 0.15) is 13.8 Å². The third-order valence-electron chi connectivity index (χ3n) is 1.58. The van der Waals surface area contributed by atoms with Crippen LogP contribution in [0.15, 0.2) is 24.3 Å². The number of hydrogen-bond donors (Lipinski definition) is 1. The van der Waals surface area contributed by atoms with Crippen molar-refractivity contribution in [3.63, 3.8) is 0 Å². The van der Waals surface area contributed by atoms with Crippen LogP contribution in [-0.2, 0) is 10.0 Å². The molecule has 0 saturated carbocycles. The van der Waals surface area contributed by atoms with Gasteiger partial charge < -0.3 is 0 Å². The summed E-state index contributed by atoms with van der Waals surface area (Å²) in [6.07, 6.45) is 0. The fourth-order valence-corrected chi connectivity index (χ4v) is 1.40. The van der Waals surface area contributed by atoms with Gasteiger partial charge in [0.25, 0.3) is 0 Å². The molecule has 0 aliphatic carbocycles. The Hall–Kier alpha value is -1.03. The van der Waals surface area contributed by atoms with E-state index in [2.05, 4.69) is 10.8 Å². The lowest BCUT2D eigenvalue weighted by molar-refractivity contribution is 0.593. The monoisotopic (exact) mass is 198 g/mol. The molecular formula is C9H12NO2S. The van der Waals surface area contributed by atoms with E-state index in [-0.39, 0.29) is 0 Å². The fourth-order valence-electron chi connectivity index (χ4n) is 0.728. The van der Waals surface area contributed by atoms with Crippen LogP contribution in [0.4, 0.5) is 5.69 Å². The van der Waals surface area contributed by atoms with Gasteiger partial charge in [-0.1, -0.05) is 18.2 Å². The summed E-state index contributed by atoms with van der Waals surface area (Å²) < 4.78 is 25.2. The quantitative estimate of drug-likeness (QED) is 0.802. The largest absolute Gasteiger partial charge is 0.283 e. The smallest absolute Gasteiger partial charge is 0.235 e. The Kier molecular flexibility index (Phi) is 2.93. The first kappa shape index (κ1) is 10.1. The first-order valence-corrected chi connectivity index (χ1v) is 5.55. The molecule has 13 heavy (non-hydrogen) atoms. The molecule has 0 heterocycles. The molecule has 0 aliphatic heterocycles. The number of nitrogens with one attached hydrogen (secondary N) is 1. The summed E-state index contributed by atoms with van der Waals surface area (Å²) in [6, 6.07) is 9.66. The molecule has 1 radical (unpaired) electrons. The molecule has 71 valence electrons. The molecule has 0 spiro atoms. The van der Waals surface area contributed by atoms with Gasteiger partial charge in [-0.3, -0.25) is 4.72 Å². The Labute approximate surface area is 78.8 Å². The predicted molar refractivity (Wildman–Crippen MR) is 53.0 cm³/mol. The second kappa shape index (κ2) is 3.79. The highest BCUT2D eigenvalue weighted by atomic mass is 32.2. The van der Waals surface area contributed by atoms with Gasteiger partial charge in [0.2, 0.25) is 10.0 Å². The zero-order valence-electron chi connectivity index (χ0n) is 7.61. The second-order valence-electron chi connectivity index (χ2n) is 2.97. The summed E-state index contributed by atoms with van der Waals surface area (Å²) in [5.74, 6) is 0. The van der Waals surface area contributed by atoms with E-state index in [4.69, 9.17) is 0 Å². The van der Waals surface area contributed by atoms with Crippen LogP contribution in [0.5, 0.6) is 0 Å². The van der Waals surface area contributed by atoms with Crippen molar-refractivity contribution >= 4 is 15.7 Å². The Morgan fingerprint density at radius 2 is 2.08 bits per heavy atom. The van der Waals surface area contributed by atoms with Crippen LogP contribution in [-0.4, -0.2) is 13.7 Å². The molecule has 3 nitrogen and oxygen atoms in total. The number of rotatable bonds is 3. The van der Waals surface area contributed by atoms with E-state index in [1.807, 2.05) is 0 Å². The highest BCUT2D eigenvalue weighted by Crippen LogP contribution is 2.09. The number of hydrogen-bond acceptors (Lipinski definition) is 2. The molecule has 0 fully saturated rings. The summed E-state index contributed by atoms with van der Waals surface area (Å²) in [5, 5.41) is -0.430. The lowest BCUT2D eigenvalue weighted by atomic mass is 10.3. The lowest BCUT2D eigenvalue weighted by Crippen LogP contribution is -2.22. The summed E-state index contributed by atoms with van der Waals surface area (Å²) in [5.41, 5.74) is 0.483. The number of anilines is 1. The molecule has 0 aromatic heterocycles. The van der Waals surface area contributed by atoms with Gasteiger partial charge >= 0.3 is 0 Å². The standard InChI is InChI=1S/C9H12NO2S/c1-8(2)13(11,12)10-9-6-4-3-5-7-9/h3-6,8,10H,1-2H3. The minimum Gasteiger partial charge on any atom is -0.283 e. The molecule has 1 aromatic carbocycles. The van der Waals surface area contributed by atoms with Crippen LogP contribution in [0.3, 0.4) is 0 Å². The molecule has 4 heteroatoms. The maximum absolute atomic E-state index is 11.4. The third kappa shape index (κ3) is 2.73. The molecule has 1 aromatic rings. The number of benzene rings is 1. The molecule has 1 rings (SSSR count). The van der Waals surface area contributed by atoms with Gasteiger partial charge in [0, 0.05) is 6.07 Å². The van der Waals surface area contributed by atoms with E-state index in [1.165, 1.54) is 0 Å². The van der Waals surface area contributed by atoms with E-state index in [0.29, 0.717) is 5.69 Å². The van der Waals surface area contributed by atoms with Crippen molar-refractivity contribution in [2.24, 2.45) is 0 Å². The first-order chi connectivity index (χ1) is 6.02. The minimum atomic E-state index is -3.23. The second-order valence-corrected chi connectivity index (χ2v) is 5.21. The van der Waals surface area contributed by atoms with Gasteiger partial charge in [0.15, 0.2) is 0 Å². The predicted octanol–water partition coefficient (Wildman–Crippen LogP) is 1.64. The molecule has 0 aliphatic rings. The summed E-state index contributed by atoms with van der Waals surface area (Å²) in [6.45, 7) is 3.26. The van der Waals surface area contributed by atoms with Gasteiger partial charge in [-0.2, -0.15) is 0 Å². The van der Waals surface area contributed by atoms with Crippen molar-refractivity contribution in [2.45, 2.75) is 19.1 Å². The lowest BCUT2D eigenvalue weighted by Gasteiger charge is -2.09. The van der Waals surface area contributed by atoms with E-state index in [0.717, 1.165) is 0 Å². The molecular weight excluding hydrogens is 186 g/mol. The van der Waals surface area contributed by atoms with Crippen LogP contribution in [0, 0.1) is 6.07 Å². The van der Waals surface area contributed by atoms with Gasteiger partial charge in [-0.05, 0) is 19.9 Å². The van der Waals surface area contributed by atoms with Crippen molar-refractivity contribution in [3.05, 3.63) is 30.3 Å². The summed E-state index contributed by atoms with van der Waals surface area (Å²) in [4.78, 5) is 0. The normalized spacial score (nSPS) is 11.6. The van der Waals surface area contributed by atoms with Gasteiger partial charge in [0.1, 0.15) is 0 Å². The van der Waals surface area contributed by atoms with E-state index in [1.54, 1.807) is 38.1 Å². The summed E-state index contributed by atoms with van der Waals surface area (Å²) in [7, 11) is -3.23. The Balaban J connectivity index is 2.82. The average molecular weight is 198 g/mol. The zero-order chi connectivity index (χ0) is 9.90. The number of para-hydroxylation sites is 1. The topological polar surface area (TPSA) is 46.2 Å². The fraction of sp³-hybridized carbons (Fsp3) is 0.333. The Morgan fingerprint density at radius 1 is 1.38 bits per heavy atom. The first-order valence-electron chi connectivity index (χ1n) is 4.01. The van der Waals surface area contributed by atoms with E-state index >= 15 is 0 Å². The minimum absolute atomic E-state index is 0.430. The van der Waals surface area contributed by atoms with E-state index < -0.39 is 15.3 Å². The zero-order valence-corrected chi connectivity index (χ0v) is 8.43. The highest BCUT2D eigenvalue weighted by Gasteiger charge is 2.14. The summed E-state index contributed by atoms with van der Waals surface area (Å²) >= 11 is 0. The van der Waals surface area contributed by atoms with Crippen molar-refractivity contribution < 1.29 is 8.42 Å². The van der Waals surface area contributed by atoms with Gasteiger partial charge in [-0.15, -0.1) is 0 Å². The Bertz CT molecular complexity index is 356. The van der Waals surface area contributed by atoms with Crippen molar-refractivity contribution in [2.75, 3.05) is 4.72 Å². The molecule has 0 amide bonds. The van der Waals surface area contributed by atoms with Crippen LogP contribution >= 0.6 is 0 Å². The van der Waals surface area contributed by atoms with Crippen LogP contribution in [0.25, 0.3) is 0 Å². The van der Waals surface area contributed by atoms with E-state index in [9.17, 15) is 8.42 Å². The molecule has 0 saturated heterocycles.